The smallest absolute Gasteiger partial charge is 0.349 e. The zero-order valence-corrected chi connectivity index (χ0v) is 12.4. The standard InChI is InChI=1S/C14H8ClN3O2S/c1-20-14(19)13-12(15)10-3-2-9(4-11(10)21-13)18-7-8(5-16)6-17/h2-4,7,18H,1H3. The topological polar surface area (TPSA) is 85.9 Å². The van der Waals surface area contributed by atoms with Crippen LogP contribution in [0.15, 0.2) is 30.0 Å². The van der Waals surface area contributed by atoms with Crippen LogP contribution in [0.25, 0.3) is 10.1 Å². The van der Waals surface area contributed by atoms with Crippen LogP contribution in [-0.4, -0.2) is 13.1 Å². The molecule has 0 aliphatic heterocycles. The third-order valence-electron chi connectivity index (χ3n) is 2.62. The van der Waals surface area contributed by atoms with E-state index in [-0.39, 0.29) is 5.57 Å². The van der Waals surface area contributed by atoms with Crippen LogP contribution in [-0.2, 0) is 4.74 Å². The van der Waals surface area contributed by atoms with Gasteiger partial charge in [0.2, 0.25) is 0 Å². The van der Waals surface area contributed by atoms with Gasteiger partial charge < -0.3 is 10.1 Å². The fourth-order valence-corrected chi connectivity index (χ4v) is 3.09. The van der Waals surface area contributed by atoms with E-state index in [4.69, 9.17) is 22.1 Å². The molecular formula is C14H8ClN3O2S. The van der Waals surface area contributed by atoms with Crippen LogP contribution in [0.3, 0.4) is 0 Å². The van der Waals surface area contributed by atoms with Crippen LogP contribution in [0.4, 0.5) is 5.69 Å². The molecule has 0 saturated heterocycles. The first kappa shape index (κ1) is 14.9. The number of ether oxygens (including phenoxy) is 1. The molecule has 5 nitrogen and oxygen atoms in total. The number of hydrogen-bond donors (Lipinski definition) is 1. The van der Waals surface area contributed by atoms with Crippen molar-refractivity contribution in [2.24, 2.45) is 0 Å². The molecule has 0 aliphatic rings. The first-order valence-corrected chi connectivity index (χ1v) is 6.87. The highest BCUT2D eigenvalue weighted by Crippen LogP contribution is 2.37. The lowest BCUT2D eigenvalue weighted by molar-refractivity contribution is 0.0606. The minimum atomic E-state index is -0.480. The Kier molecular flexibility index (Phi) is 4.44. The predicted molar refractivity (Wildman–Crippen MR) is 81.1 cm³/mol. The van der Waals surface area contributed by atoms with Crippen molar-refractivity contribution in [1.82, 2.24) is 0 Å². The fraction of sp³-hybridized carbons (Fsp3) is 0.0714. The number of fused-ring (bicyclic) bond motifs is 1. The minimum absolute atomic E-state index is 0.0328. The van der Waals surface area contributed by atoms with Gasteiger partial charge in [-0.05, 0) is 18.2 Å². The highest BCUT2D eigenvalue weighted by atomic mass is 35.5. The number of benzene rings is 1. The van der Waals surface area contributed by atoms with Gasteiger partial charge in [-0.1, -0.05) is 11.6 Å². The van der Waals surface area contributed by atoms with Gasteiger partial charge in [-0.2, -0.15) is 10.5 Å². The maximum Gasteiger partial charge on any atom is 0.349 e. The molecule has 2 aromatic rings. The van der Waals surface area contributed by atoms with E-state index in [1.165, 1.54) is 24.6 Å². The molecule has 2 rings (SSSR count). The highest BCUT2D eigenvalue weighted by molar-refractivity contribution is 7.21. The Hall–Kier alpha value is -2.54. The van der Waals surface area contributed by atoms with Crippen molar-refractivity contribution in [3.8, 4) is 12.1 Å². The average molecular weight is 318 g/mol. The summed E-state index contributed by atoms with van der Waals surface area (Å²) >= 11 is 7.37. The molecule has 1 heterocycles. The Labute approximate surface area is 129 Å². The summed E-state index contributed by atoms with van der Waals surface area (Å²) in [7, 11) is 1.30. The summed E-state index contributed by atoms with van der Waals surface area (Å²) in [4.78, 5) is 11.9. The van der Waals surface area contributed by atoms with Crippen molar-refractivity contribution >= 4 is 44.7 Å². The van der Waals surface area contributed by atoms with E-state index in [0.29, 0.717) is 15.6 Å². The lowest BCUT2D eigenvalue weighted by atomic mass is 10.2. The monoisotopic (exact) mass is 317 g/mol. The molecular weight excluding hydrogens is 310 g/mol. The maximum atomic E-state index is 11.6. The number of rotatable bonds is 3. The van der Waals surface area contributed by atoms with Crippen LogP contribution >= 0.6 is 22.9 Å². The number of carbonyl (C=O) groups excluding carboxylic acids is 1. The molecule has 7 heteroatoms. The van der Waals surface area contributed by atoms with Gasteiger partial charge in [-0.15, -0.1) is 11.3 Å². The van der Waals surface area contributed by atoms with Crippen LogP contribution < -0.4 is 5.32 Å². The third-order valence-corrected chi connectivity index (χ3v) is 4.26. The predicted octanol–water partition coefficient (Wildman–Crippen LogP) is 3.68. The molecule has 0 amide bonds. The molecule has 0 saturated carbocycles. The zero-order valence-electron chi connectivity index (χ0n) is 10.8. The number of hydrogen-bond acceptors (Lipinski definition) is 6. The largest absolute Gasteiger partial charge is 0.465 e. The molecule has 0 spiro atoms. The molecule has 0 aliphatic carbocycles. The molecule has 0 unspecified atom stereocenters. The lowest BCUT2D eigenvalue weighted by Crippen LogP contribution is -1.97. The molecule has 1 aromatic carbocycles. The van der Waals surface area contributed by atoms with Gasteiger partial charge >= 0.3 is 5.97 Å². The Morgan fingerprint density at radius 3 is 2.76 bits per heavy atom. The Bertz CT molecular complexity index is 811. The second-order valence-electron chi connectivity index (χ2n) is 3.87. The van der Waals surface area contributed by atoms with E-state index in [0.717, 1.165) is 10.1 Å². The number of thiophene rings is 1. The zero-order chi connectivity index (χ0) is 15.4. The van der Waals surface area contributed by atoms with Crippen molar-refractivity contribution < 1.29 is 9.53 Å². The number of halogens is 1. The molecule has 0 atom stereocenters. The second kappa shape index (κ2) is 6.27. The van der Waals surface area contributed by atoms with E-state index in [2.05, 4.69) is 10.1 Å². The summed E-state index contributed by atoms with van der Waals surface area (Å²) < 4.78 is 5.48. The molecule has 0 fully saturated rings. The first-order valence-electron chi connectivity index (χ1n) is 5.68. The number of allylic oxidation sites excluding steroid dienone is 1. The number of nitrogens with zero attached hydrogens (tertiary/aromatic N) is 2. The van der Waals surface area contributed by atoms with Gasteiger partial charge in [0.05, 0.1) is 12.1 Å². The summed E-state index contributed by atoms with van der Waals surface area (Å²) in [5.41, 5.74) is 0.648. The van der Waals surface area contributed by atoms with Gasteiger partial charge in [0.25, 0.3) is 0 Å². The van der Waals surface area contributed by atoms with Crippen LogP contribution in [0.5, 0.6) is 0 Å². The van der Waals surface area contributed by atoms with Crippen molar-refractivity contribution in [2.45, 2.75) is 0 Å². The van der Waals surface area contributed by atoms with Crippen molar-refractivity contribution in [3.05, 3.63) is 39.9 Å². The molecule has 21 heavy (non-hydrogen) atoms. The Balaban J connectivity index is 2.40. The van der Waals surface area contributed by atoms with Gasteiger partial charge in [0.1, 0.15) is 22.6 Å². The third kappa shape index (κ3) is 2.97. The average Bonchev–Trinajstić information content (AvgIpc) is 2.84. The number of nitriles is 2. The second-order valence-corrected chi connectivity index (χ2v) is 5.30. The van der Waals surface area contributed by atoms with Crippen molar-refractivity contribution in [3.63, 3.8) is 0 Å². The number of nitrogens with one attached hydrogen (secondary N) is 1. The number of esters is 1. The van der Waals surface area contributed by atoms with Crippen LogP contribution in [0, 0.1) is 22.7 Å². The molecule has 1 N–H and O–H groups in total. The van der Waals surface area contributed by atoms with Crippen LogP contribution in [0.2, 0.25) is 5.02 Å². The Morgan fingerprint density at radius 1 is 1.43 bits per heavy atom. The number of anilines is 1. The SMILES string of the molecule is COC(=O)c1sc2cc(NC=C(C#N)C#N)ccc2c1Cl. The Morgan fingerprint density at radius 2 is 2.14 bits per heavy atom. The van der Waals surface area contributed by atoms with Gasteiger partial charge in [-0.25, -0.2) is 4.79 Å². The minimum Gasteiger partial charge on any atom is -0.465 e. The summed E-state index contributed by atoms with van der Waals surface area (Å²) in [6.07, 6.45) is 1.32. The quantitative estimate of drug-likeness (QED) is 0.689. The van der Waals surface area contributed by atoms with E-state index in [9.17, 15) is 4.79 Å². The van der Waals surface area contributed by atoms with Gasteiger partial charge in [0, 0.05) is 22.0 Å². The fourth-order valence-electron chi connectivity index (χ4n) is 1.62. The highest BCUT2D eigenvalue weighted by Gasteiger charge is 2.17. The molecule has 1 aromatic heterocycles. The normalized spacial score (nSPS) is 9.52. The summed E-state index contributed by atoms with van der Waals surface area (Å²) in [6.45, 7) is 0. The first-order chi connectivity index (χ1) is 10.1. The summed E-state index contributed by atoms with van der Waals surface area (Å²) in [5, 5.41) is 21.3. The number of carbonyl (C=O) groups is 1. The van der Waals surface area contributed by atoms with E-state index in [1.54, 1.807) is 30.3 Å². The van der Waals surface area contributed by atoms with Crippen LogP contribution in [0.1, 0.15) is 9.67 Å². The van der Waals surface area contributed by atoms with E-state index >= 15 is 0 Å². The van der Waals surface area contributed by atoms with Gasteiger partial charge in [0.15, 0.2) is 0 Å². The molecule has 104 valence electrons. The van der Waals surface area contributed by atoms with Gasteiger partial charge in [-0.3, -0.25) is 0 Å². The molecule has 0 bridgehead atoms. The molecule has 0 radical (unpaired) electrons. The van der Waals surface area contributed by atoms with E-state index in [1.807, 2.05) is 0 Å². The summed E-state index contributed by atoms with van der Waals surface area (Å²) in [6, 6.07) is 8.78. The summed E-state index contributed by atoms with van der Waals surface area (Å²) in [5.74, 6) is -0.480. The maximum absolute atomic E-state index is 11.6. The van der Waals surface area contributed by atoms with E-state index < -0.39 is 5.97 Å². The number of methoxy groups -OCH3 is 1. The lowest BCUT2D eigenvalue weighted by Gasteiger charge is -2.00. The van der Waals surface area contributed by atoms with Crippen molar-refractivity contribution in [1.29, 1.82) is 10.5 Å². The van der Waals surface area contributed by atoms with Crippen molar-refractivity contribution in [2.75, 3.05) is 12.4 Å².